The van der Waals surface area contributed by atoms with Crippen LogP contribution in [0.5, 0.6) is 0 Å². The van der Waals surface area contributed by atoms with Gasteiger partial charge in [0.1, 0.15) is 0 Å². The van der Waals surface area contributed by atoms with Crippen LogP contribution >= 0.6 is 0 Å². The third-order valence-electron chi connectivity index (χ3n) is 4.21. The number of nitrogens with zero attached hydrogens (tertiary/aromatic N) is 1. The Morgan fingerprint density at radius 1 is 1.42 bits per heavy atom. The number of rotatable bonds is 4. The SMILES string of the molecule is Cc1ccccc1NC(=O)CN1CC(N)(C2CC2)C1. The van der Waals surface area contributed by atoms with Crippen molar-refractivity contribution >= 4 is 11.6 Å². The number of anilines is 1. The minimum absolute atomic E-state index is 0.0110. The van der Waals surface area contributed by atoms with E-state index in [4.69, 9.17) is 5.73 Å². The molecule has 0 bridgehead atoms. The molecule has 19 heavy (non-hydrogen) atoms. The molecule has 0 unspecified atom stereocenters. The van der Waals surface area contributed by atoms with Crippen molar-refractivity contribution in [2.75, 3.05) is 25.0 Å². The summed E-state index contributed by atoms with van der Waals surface area (Å²) in [5.41, 5.74) is 8.25. The van der Waals surface area contributed by atoms with E-state index in [1.807, 2.05) is 31.2 Å². The molecular weight excluding hydrogens is 238 g/mol. The first-order valence-electron chi connectivity index (χ1n) is 6.93. The van der Waals surface area contributed by atoms with E-state index in [-0.39, 0.29) is 11.4 Å². The Balaban J connectivity index is 1.49. The van der Waals surface area contributed by atoms with E-state index in [1.165, 1.54) is 12.8 Å². The normalized spacial score (nSPS) is 21.8. The molecule has 2 aliphatic rings. The number of aryl methyl sites for hydroxylation is 1. The van der Waals surface area contributed by atoms with Gasteiger partial charge < -0.3 is 11.1 Å². The van der Waals surface area contributed by atoms with Gasteiger partial charge in [-0.3, -0.25) is 9.69 Å². The summed E-state index contributed by atoms with van der Waals surface area (Å²) in [6.45, 7) is 4.16. The number of nitrogens with two attached hydrogens (primary N) is 1. The topological polar surface area (TPSA) is 58.4 Å². The summed E-state index contributed by atoms with van der Waals surface area (Å²) >= 11 is 0. The van der Waals surface area contributed by atoms with Gasteiger partial charge in [-0.25, -0.2) is 0 Å². The molecule has 0 spiro atoms. The van der Waals surface area contributed by atoms with Gasteiger partial charge in [-0.2, -0.15) is 0 Å². The Morgan fingerprint density at radius 2 is 2.11 bits per heavy atom. The van der Waals surface area contributed by atoms with E-state index in [0.717, 1.165) is 24.3 Å². The summed E-state index contributed by atoms with van der Waals surface area (Å²) in [7, 11) is 0. The molecule has 1 saturated carbocycles. The van der Waals surface area contributed by atoms with Crippen molar-refractivity contribution in [1.82, 2.24) is 4.90 Å². The molecule has 0 radical (unpaired) electrons. The lowest BCUT2D eigenvalue weighted by molar-refractivity contribution is -0.119. The number of likely N-dealkylation sites (tertiary alicyclic amines) is 1. The third-order valence-corrected chi connectivity index (χ3v) is 4.21. The Hall–Kier alpha value is -1.39. The molecule has 1 aliphatic carbocycles. The number of benzene rings is 1. The van der Waals surface area contributed by atoms with E-state index >= 15 is 0 Å². The molecule has 3 rings (SSSR count). The zero-order valence-corrected chi connectivity index (χ0v) is 11.4. The van der Waals surface area contributed by atoms with Crippen LogP contribution in [0, 0.1) is 12.8 Å². The summed E-state index contributed by atoms with van der Waals surface area (Å²) in [6.07, 6.45) is 2.53. The number of amides is 1. The second-order valence-electron chi connectivity index (χ2n) is 6.02. The van der Waals surface area contributed by atoms with Gasteiger partial charge in [0.15, 0.2) is 0 Å². The van der Waals surface area contributed by atoms with Gasteiger partial charge in [-0.05, 0) is 37.3 Å². The van der Waals surface area contributed by atoms with Crippen molar-refractivity contribution in [2.45, 2.75) is 25.3 Å². The van der Waals surface area contributed by atoms with Crippen LogP contribution in [0.15, 0.2) is 24.3 Å². The van der Waals surface area contributed by atoms with Crippen LogP contribution in [0.2, 0.25) is 0 Å². The molecule has 0 atom stereocenters. The number of hydrogen-bond acceptors (Lipinski definition) is 3. The molecule has 1 aliphatic heterocycles. The fourth-order valence-corrected chi connectivity index (χ4v) is 2.92. The van der Waals surface area contributed by atoms with Gasteiger partial charge in [-0.1, -0.05) is 18.2 Å². The quantitative estimate of drug-likeness (QED) is 0.858. The van der Waals surface area contributed by atoms with Crippen LogP contribution in [0.3, 0.4) is 0 Å². The summed E-state index contributed by atoms with van der Waals surface area (Å²) in [5, 5.41) is 2.96. The lowest BCUT2D eigenvalue weighted by atomic mass is 9.86. The average Bonchev–Trinajstić information content (AvgIpc) is 3.14. The van der Waals surface area contributed by atoms with Crippen molar-refractivity contribution in [2.24, 2.45) is 11.7 Å². The minimum Gasteiger partial charge on any atom is -0.325 e. The highest BCUT2D eigenvalue weighted by atomic mass is 16.2. The predicted octanol–water partition coefficient (Wildman–Crippen LogP) is 1.36. The lowest BCUT2D eigenvalue weighted by Gasteiger charge is -2.48. The van der Waals surface area contributed by atoms with E-state index in [0.29, 0.717) is 12.5 Å². The van der Waals surface area contributed by atoms with Crippen LogP contribution in [0.1, 0.15) is 18.4 Å². The van der Waals surface area contributed by atoms with Gasteiger partial charge in [-0.15, -0.1) is 0 Å². The monoisotopic (exact) mass is 259 g/mol. The van der Waals surface area contributed by atoms with E-state index in [2.05, 4.69) is 10.2 Å². The fraction of sp³-hybridized carbons (Fsp3) is 0.533. The molecule has 102 valence electrons. The van der Waals surface area contributed by atoms with Crippen LogP contribution in [0.4, 0.5) is 5.69 Å². The molecule has 0 aromatic heterocycles. The highest BCUT2D eigenvalue weighted by Crippen LogP contribution is 2.42. The van der Waals surface area contributed by atoms with Crippen molar-refractivity contribution in [3.8, 4) is 0 Å². The van der Waals surface area contributed by atoms with Gasteiger partial charge in [0.2, 0.25) is 5.91 Å². The predicted molar refractivity (Wildman–Crippen MR) is 75.9 cm³/mol. The average molecular weight is 259 g/mol. The molecule has 1 amide bonds. The second kappa shape index (κ2) is 4.62. The molecule has 1 saturated heterocycles. The molecule has 2 fully saturated rings. The number of nitrogens with one attached hydrogen (secondary N) is 1. The van der Waals surface area contributed by atoms with Gasteiger partial charge in [0.05, 0.1) is 6.54 Å². The van der Waals surface area contributed by atoms with Crippen LogP contribution in [0.25, 0.3) is 0 Å². The number of carbonyl (C=O) groups excluding carboxylic acids is 1. The smallest absolute Gasteiger partial charge is 0.238 e. The Bertz CT molecular complexity index is 490. The first-order chi connectivity index (χ1) is 9.07. The van der Waals surface area contributed by atoms with Crippen molar-refractivity contribution in [3.05, 3.63) is 29.8 Å². The van der Waals surface area contributed by atoms with Crippen molar-refractivity contribution in [1.29, 1.82) is 0 Å². The summed E-state index contributed by atoms with van der Waals surface area (Å²) in [4.78, 5) is 14.1. The first-order valence-corrected chi connectivity index (χ1v) is 6.93. The maximum absolute atomic E-state index is 12.0. The number of para-hydroxylation sites is 1. The second-order valence-corrected chi connectivity index (χ2v) is 6.02. The molecule has 1 aromatic carbocycles. The summed E-state index contributed by atoms with van der Waals surface area (Å²) in [6, 6.07) is 7.83. The molecule has 1 aromatic rings. The molecular formula is C15H21N3O. The fourth-order valence-electron chi connectivity index (χ4n) is 2.92. The summed E-state index contributed by atoms with van der Waals surface area (Å²) in [5.74, 6) is 0.746. The Labute approximate surface area is 114 Å². The highest BCUT2D eigenvalue weighted by molar-refractivity contribution is 5.93. The third kappa shape index (κ3) is 2.65. The molecule has 3 N–H and O–H groups in total. The van der Waals surface area contributed by atoms with Gasteiger partial charge >= 0.3 is 0 Å². The summed E-state index contributed by atoms with van der Waals surface area (Å²) < 4.78 is 0. The van der Waals surface area contributed by atoms with Gasteiger partial charge in [0.25, 0.3) is 0 Å². The molecule has 4 nitrogen and oxygen atoms in total. The highest BCUT2D eigenvalue weighted by Gasteiger charge is 2.50. The Morgan fingerprint density at radius 3 is 2.74 bits per heavy atom. The van der Waals surface area contributed by atoms with Crippen molar-refractivity contribution in [3.63, 3.8) is 0 Å². The maximum Gasteiger partial charge on any atom is 0.238 e. The Kier molecular flexibility index (Phi) is 3.07. The van der Waals surface area contributed by atoms with Crippen LogP contribution in [-0.4, -0.2) is 36.0 Å². The van der Waals surface area contributed by atoms with E-state index in [9.17, 15) is 4.79 Å². The van der Waals surface area contributed by atoms with Crippen LogP contribution < -0.4 is 11.1 Å². The molecule has 4 heteroatoms. The maximum atomic E-state index is 12.0. The zero-order valence-electron chi connectivity index (χ0n) is 11.4. The zero-order chi connectivity index (χ0) is 13.5. The lowest BCUT2D eigenvalue weighted by Crippen LogP contribution is -2.69. The number of carbonyl (C=O) groups is 1. The standard InChI is InChI=1S/C15H21N3O/c1-11-4-2-3-5-13(11)17-14(19)8-18-9-15(16,10-18)12-6-7-12/h2-5,12H,6-10,16H2,1H3,(H,17,19). The molecule has 1 heterocycles. The largest absolute Gasteiger partial charge is 0.325 e. The van der Waals surface area contributed by atoms with Gasteiger partial charge in [0, 0.05) is 24.3 Å². The van der Waals surface area contributed by atoms with Crippen LogP contribution in [-0.2, 0) is 4.79 Å². The van der Waals surface area contributed by atoms with E-state index in [1.54, 1.807) is 0 Å². The minimum atomic E-state index is -0.0110. The number of hydrogen-bond donors (Lipinski definition) is 2. The van der Waals surface area contributed by atoms with Crippen molar-refractivity contribution < 1.29 is 4.79 Å². The van der Waals surface area contributed by atoms with E-state index < -0.39 is 0 Å². The first kappa shape index (κ1) is 12.6.